The van der Waals surface area contributed by atoms with E-state index in [-0.39, 0.29) is 23.9 Å². The van der Waals surface area contributed by atoms with E-state index >= 15 is 0 Å². The van der Waals surface area contributed by atoms with E-state index in [1.807, 2.05) is 0 Å². The van der Waals surface area contributed by atoms with Crippen LogP contribution < -0.4 is 4.72 Å². The number of rotatable bonds is 9. The summed E-state index contributed by atoms with van der Waals surface area (Å²) < 4.78 is 44.1. The molecule has 0 radical (unpaired) electrons. The van der Waals surface area contributed by atoms with E-state index in [4.69, 9.17) is 4.74 Å². The van der Waals surface area contributed by atoms with Crippen molar-refractivity contribution < 1.29 is 22.3 Å². The van der Waals surface area contributed by atoms with E-state index in [2.05, 4.69) is 4.72 Å². The zero-order valence-electron chi connectivity index (χ0n) is 12.7. The van der Waals surface area contributed by atoms with E-state index < -0.39 is 15.8 Å². The van der Waals surface area contributed by atoms with Gasteiger partial charge in [-0.05, 0) is 30.7 Å². The van der Waals surface area contributed by atoms with Crippen molar-refractivity contribution in [3.05, 3.63) is 30.1 Å². The molecule has 0 aliphatic heterocycles. The lowest BCUT2D eigenvalue weighted by molar-refractivity contribution is -0.128. The topological polar surface area (TPSA) is 75.7 Å². The van der Waals surface area contributed by atoms with E-state index in [0.29, 0.717) is 19.6 Å². The molecule has 0 heterocycles. The summed E-state index contributed by atoms with van der Waals surface area (Å²) in [5, 5.41) is 0. The lowest BCUT2D eigenvalue weighted by Crippen LogP contribution is -2.38. The van der Waals surface area contributed by atoms with Crippen LogP contribution in [-0.4, -0.2) is 52.6 Å². The maximum atomic E-state index is 12.8. The minimum Gasteiger partial charge on any atom is -0.385 e. The molecule has 0 aliphatic carbocycles. The number of hydrogen-bond donors (Lipinski definition) is 1. The maximum Gasteiger partial charge on any atom is 0.240 e. The molecular formula is C14H21FN2O4S. The second-order valence-electron chi connectivity index (χ2n) is 4.70. The minimum atomic E-state index is -3.70. The molecule has 1 aromatic rings. The number of nitrogens with zero attached hydrogens (tertiary/aromatic N) is 1. The molecule has 0 saturated carbocycles. The van der Waals surface area contributed by atoms with Crippen molar-refractivity contribution in [2.45, 2.75) is 18.2 Å². The van der Waals surface area contributed by atoms with Crippen molar-refractivity contribution in [1.29, 1.82) is 0 Å². The van der Waals surface area contributed by atoms with Crippen LogP contribution in [0.5, 0.6) is 0 Å². The summed E-state index contributed by atoms with van der Waals surface area (Å²) in [6.07, 6.45) is 0.681. The predicted molar refractivity (Wildman–Crippen MR) is 80.3 cm³/mol. The van der Waals surface area contributed by atoms with Gasteiger partial charge in [0.15, 0.2) is 0 Å². The molecule has 0 unspecified atom stereocenters. The number of nitrogens with one attached hydrogen (secondary N) is 1. The number of methoxy groups -OCH3 is 1. The molecule has 6 nitrogen and oxygen atoms in total. The van der Waals surface area contributed by atoms with Crippen molar-refractivity contribution in [3.63, 3.8) is 0 Å². The predicted octanol–water partition coefficient (Wildman–Crippen LogP) is 0.989. The standard InChI is InChI=1S/C14H21FN2O4S/c1-12(18)17(9-3-11-21-2)10-8-16-22(19,20)14-6-4-13(15)5-7-14/h4-7,16H,3,8-11H2,1-2H3. The smallest absolute Gasteiger partial charge is 0.240 e. The minimum absolute atomic E-state index is 0.0114. The second-order valence-corrected chi connectivity index (χ2v) is 6.47. The summed E-state index contributed by atoms with van der Waals surface area (Å²) in [4.78, 5) is 13.0. The first-order chi connectivity index (χ1) is 10.4. The quantitative estimate of drug-likeness (QED) is 0.684. The van der Waals surface area contributed by atoms with E-state index in [1.54, 1.807) is 12.0 Å². The Balaban J connectivity index is 2.52. The van der Waals surface area contributed by atoms with Gasteiger partial charge in [0.25, 0.3) is 0 Å². The van der Waals surface area contributed by atoms with Crippen molar-refractivity contribution in [2.24, 2.45) is 0 Å². The van der Waals surface area contributed by atoms with Crippen molar-refractivity contribution in [2.75, 3.05) is 33.4 Å². The van der Waals surface area contributed by atoms with Crippen LogP contribution in [0.4, 0.5) is 4.39 Å². The van der Waals surface area contributed by atoms with Gasteiger partial charge in [-0.15, -0.1) is 0 Å². The SMILES string of the molecule is COCCCN(CCNS(=O)(=O)c1ccc(F)cc1)C(C)=O. The Labute approximate surface area is 130 Å². The zero-order valence-corrected chi connectivity index (χ0v) is 13.5. The number of carbonyl (C=O) groups excluding carboxylic acids is 1. The Hall–Kier alpha value is -1.51. The lowest BCUT2D eigenvalue weighted by atomic mass is 10.3. The first-order valence-corrected chi connectivity index (χ1v) is 8.35. The number of carbonyl (C=O) groups is 1. The third-order valence-electron chi connectivity index (χ3n) is 3.02. The number of hydrogen-bond acceptors (Lipinski definition) is 4. The van der Waals surface area contributed by atoms with Gasteiger partial charge >= 0.3 is 0 Å². The van der Waals surface area contributed by atoms with Crippen LogP contribution >= 0.6 is 0 Å². The van der Waals surface area contributed by atoms with Crippen molar-refractivity contribution in [3.8, 4) is 0 Å². The molecule has 0 atom stereocenters. The normalized spacial score (nSPS) is 11.4. The van der Waals surface area contributed by atoms with Gasteiger partial charge in [0.05, 0.1) is 4.90 Å². The molecule has 1 rings (SSSR count). The Morgan fingerprint density at radius 1 is 1.27 bits per heavy atom. The lowest BCUT2D eigenvalue weighted by Gasteiger charge is -2.21. The third-order valence-corrected chi connectivity index (χ3v) is 4.50. The number of benzene rings is 1. The third kappa shape index (κ3) is 6.08. The Kier molecular flexibility index (Phi) is 7.43. The van der Waals surface area contributed by atoms with Crippen LogP contribution in [0.15, 0.2) is 29.2 Å². The van der Waals surface area contributed by atoms with Crippen LogP contribution in [0.3, 0.4) is 0 Å². The molecule has 22 heavy (non-hydrogen) atoms. The fourth-order valence-corrected chi connectivity index (χ4v) is 2.86. The molecule has 1 aromatic carbocycles. The highest BCUT2D eigenvalue weighted by atomic mass is 32.2. The summed E-state index contributed by atoms with van der Waals surface area (Å²) in [5.74, 6) is -0.628. The van der Waals surface area contributed by atoms with Crippen molar-refractivity contribution in [1.82, 2.24) is 9.62 Å². The van der Waals surface area contributed by atoms with Gasteiger partial charge in [-0.2, -0.15) is 0 Å². The molecule has 0 fully saturated rings. The Morgan fingerprint density at radius 3 is 2.45 bits per heavy atom. The average molecular weight is 332 g/mol. The van der Waals surface area contributed by atoms with Gasteiger partial charge in [-0.1, -0.05) is 0 Å². The number of ether oxygens (including phenoxy) is 1. The van der Waals surface area contributed by atoms with Gasteiger partial charge in [0.1, 0.15) is 5.82 Å². The van der Waals surface area contributed by atoms with E-state index in [1.165, 1.54) is 19.1 Å². The maximum absolute atomic E-state index is 12.8. The molecule has 0 aliphatic rings. The number of sulfonamides is 1. The number of halogens is 1. The highest BCUT2D eigenvalue weighted by Gasteiger charge is 2.15. The van der Waals surface area contributed by atoms with Crippen LogP contribution in [0.2, 0.25) is 0 Å². The van der Waals surface area contributed by atoms with E-state index in [9.17, 15) is 17.6 Å². The first kappa shape index (κ1) is 18.5. The molecule has 8 heteroatoms. The average Bonchev–Trinajstić information content (AvgIpc) is 2.46. The van der Waals surface area contributed by atoms with Gasteiger partial charge < -0.3 is 9.64 Å². The molecule has 0 bridgehead atoms. The van der Waals surface area contributed by atoms with Gasteiger partial charge in [-0.25, -0.2) is 17.5 Å². The molecule has 0 aromatic heterocycles. The largest absolute Gasteiger partial charge is 0.385 e. The summed E-state index contributed by atoms with van der Waals surface area (Å²) in [6.45, 7) is 2.82. The fourth-order valence-electron chi connectivity index (χ4n) is 1.84. The zero-order chi connectivity index (χ0) is 16.6. The summed E-state index contributed by atoms with van der Waals surface area (Å²) in [7, 11) is -2.12. The Bertz CT molecular complexity index is 575. The van der Waals surface area contributed by atoms with Crippen LogP contribution in [0.25, 0.3) is 0 Å². The second kappa shape index (κ2) is 8.82. The van der Waals surface area contributed by atoms with E-state index in [0.717, 1.165) is 12.1 Å². The molecule has 124 valence electrons. The fraction of sp³-hybridized carbons (Fsp3) is 0.500. The summed E-state index contributed by atoms with van der Waals surface area (Å²) in [5.41, 5.74) is 0. The van der Waals surface area contributed by atoms with Crippen molar-refractivity contribution >= 4 is 15.9 Å². The summed E-state index contributed by atoms with van der Waals surface area (Å²) in [6, 6.07) is 4.56. The van der Waals surface area contributed by atoms with Crippen LogP contribution in [0, 0.1) is 5.82 Å². The molecule has 1 N–H and O–H groups in total. The molecule has 0 spiro atoms. The highest BCUT2D eigenvalue weighted by molar-refractivity contribution is 7.89. The van der Waals surface area contributed by atoms with Gasteiger partial charge in [-0.3, -0.25) is 4.79 Å². The van der Waals surface area contributed by atoms with Crippen LogP contribution in [-0.2, 0) is 19.6 Å². The Morgan fingerprint density at radius 2 is 1.91 bits per heavy atom. The molecule has 0 saturated heterocycles. The number of amides is 1. The summed E-state index contributed by atoms with van der Waals surface area (Å²) >= 11 is 0. The first-order valence-electron chi connectivity index (χ1n) is 6.86. The van der Waals surface area contributed by atoms with Crippen LogP contribution in [0.1, 0.15) is 13.3 Å². The molecule has 1 amide bonds. The molecular weight excluding hydrogens is 311 g/mol. The highest BCUT2D eigenvalue weighted by Crippen LogP contribution is 2.09. The van der Waals surface area contributed by atoms with Gasteiger partial charge in [0, 0.05) is 40.3 Å². The van der Waals surface area contributed by atoms with Gasteiger partial charge in [0.2, 0.25) is 15.9 Å². The monoisotopic (exact) mass is 332 g/mol.